The van der Waals surface area contributed by atoms with E-state index in [1.54, 1.807) is 6.08 Å². The standard InChI is InChI=1S/C15H18N2O3/c1-3-5-14(18)17(11-15(19)20)16-10-13-8-6-12(4-2)7-9-13/h4,6-10H,2-3,5,11H2,1H3,(H,19,20)/b16-10+. The zero-order valence-corrected chi connectivity index (χ0v) is 11.5. The molecule has 0 fully saturated rings. The molecule has 106 valence electrons. The van der Waals surface area contributed by atoms with Crippen LogP contribution < -0.4 is 0 Å². The largest absolute Gasteiger partial charge is 0.480 e. The first-order chi connectivity index (χ1) is 9.56. The third kappa shape index (κ3) is 5.06. The summed E-state index contributed by atoms with van der Waals surface area (Å²) in [5, 5.41) is 13.7. The maximum atomic E-state index is 11.7. The fourth-order valence-corrected chi connectivity index (χ4v) is 1.52. The summed E-state index contributed by atoms with van der Waals surface area (Å²) in [5.74, 6) is -1.39. The summed E-state index contributed by atoms with van der Waals surface area (Å²) in [6.07, 6.45) is 4.13. The van der Waals surface area contributed by atoms with Gasteiger partial charge in [-0.1, -0.05) is 43.8 Å². The van der Waals surface area contributed by atoms with Crippen LogP contribution >= 0.6 is 0 Å². The average molecular weight is 274 g/mol. The summed E-state index contributed by atoms with van der Waals surface area (Å²) in [6.45, 7) is 5.08. The van der Waals surface area contributed by atoms with Gasteiger partial charge >= 0.3 is 5.97 Å². The first-order valence-electron chi connectivity index (χ1n) is 6.35. The Morgan fingerprint density at radius 3 is 2.40 bits per heavy atom. The molecular weight excluding hydrogens is 256 g/mol. The van der Waals surface area contributed by atoms with E-state index >= 15 is 0 Å². The van der Waals surface area contributed by atoms with Crippen LogP contribution in [0.1, 0.15) is 30.9 Å². The lowest BCUT2D eigenvalue weighted by molar-refractivity contribution is -0.144. The fraction of sp³-hybridized carbons (Fsp3) is 0.267. The zero-order valence-electron chi connectivity index (χ0n) is 11.5. The van der Waals surface area contributed by atoms with Gasteiger partial charge in [-0.2, -0.15) is 5.10 Å². The molecule has 1 rings (SSSR count). The Kier molecular flexibility index (Phi) is 6.16. The van der Waals surface area contributed by atoms with Crippen molar-refractivity contribution in [3.8, 4) is 0 Å². The van der Waals surface area contributed by atoms with E-state index < -0.39 is 12.5 Å². The predicted octanol–water partition coefficient (Wildman–Crippen LogP) is 2.38. The van der Waals surface area contributed by atoms with Gasteiger partial charge in [0, 0.05) is 6.42 Å². The number of hydrogen-bond acceptors (Lipinski definition) is 3. The van der Waals surface area contributed by atoms with Crippen molar-refractivity contribution < 1.29 is 14.7 Å². The highest BCUT2D eigenvalue weighted by molar-refractivity contribution is 5.85. The number of nitrogens with zero attached hydrogens (tertiary/aromatic N) is 2. The maximum absolute atomic E-state index is 11.7. The molecule has 0 unspecified atom stereocenters. The lowest BCUT2D eigenvalue weighted by Gasteiger charge is -2.14. The number of carbonyl (C=O) groups is 2. The second kappa shape index (κ2) is 7.89. The smallest absolute Gasteiger partial charge is 0.325 e. The van der Waals surface area contributed by atoms with Gasteiger partial charge in [0.05, 0.1) is 6.21 Å². The van der Waals surface area contributed by atoms with Gasteiger partial charge in [-0.3, -0.25) is 9.59 Å². The molecule has 0 spiro atoms. The predicted molar refractivity (Wildman–Crippen MR) is 78.4 cm³/mol. The summed E-state index contributed by atoms with van der Waals surface area (Å²) in [6, 6.07) is 7.38. The van der Waals surface area contributed by atoms with Crippen LogP contribution in [-0.2, 0) is 9.59 Å². The van der Waals surface area contributed by atoms with Crippen molar-refractivity contribution in [1.82, 2.24) is 5.01 Å². The Hall–Kier alpha value is -2.43. The maximum Gasteiger partial charge on any atom is 0.325 e. The molecule has 0 saturated carbocycles. The van der Waals surface area contributed by atoms with E-state index in [4.69, 9.17) is 5.11 Å². The van der Waals surface area contributed by atoms with Gasteiger partial charge in [-0.25, -0.2) is 5.01 Å². The van der Waals surface area contributed by atoms with E-state index in [1.807, 2.05) is 31.2 Å². The molecule has 0 aliphatic heterocycles. The van der Waals surface area contributed by atoms with Crippen molar-refractivity contribution in [1.29, 1.82) is 0 Å². The van der Waals surface area contributed by atoms with E-state index in [9.17, 15) is 9.59 Å². The van der Waals surface area contributed by atoms with Crippen LogP contribution in [0.3, 0.4) is 0 Å². The first kappa shape index (κ1) is 15.6. The molecule has 0 aliphatic rings. The second-order valence-electron chi connectivity index (χ2n) is 4.21. The Morgan fingerprint density at radius 2 is 1.90 bits per heavy atom. The van der Waals surface area contributed by atoms with Crippen LogP contribution in [0.2, 0.25) is 0 Å². The van der Waals surface area contributed by atoms with Crippen molar-refractivity contribution in [3.63, 3.8) is 0 Å². The van der Waals surface area contributed by atoms with Crippen LogP contribution in [0.5, 0.6) is 0 Å². The normalized spacial score (nSPS) is 10.4. The van der Waals surface area contributed by atoms with Gasteiger partial charge in [-0.05, 0) is 17.5 Å². The molecule has 5 heteroatoms. The summed E-state index contributed by atoms with van der Waals surface area (Å²) >= 11 is 0. The number of carboxylic acid groups (broad SMARTS) is 1. The topological polar surface area (TPSA) is 70.0 Å². The Balaban J connectivity index is 2.80. The van der Waals surface area contributed by atoms with Gasteiger partial charge in [0.1, 0.15) is 6.54 Å². The van der Waals surface area contributed by atoms with Crippen LogP contribution in [0.15, 0.2) is 35.9 Å². The zero-order chi connectivity index (χ0) is 15.0. The SMILES string of the molecule is C=Cc1ccc(/C=N/N(CC(=O)O)C(=O)CCC)cc1. The molecule has 1 N–H and O–H groups in total. The minimum absolute atomic E-state index is 0.278. The average Bonchev–Trinajstić information content (AvgIpc) is 2.43. The lowest BCUT2D eigenvalue weighted by atomic mass is 10.1. The van der Waals surface area contributed by atoms with Gasteiger partial charge in [-0.15, -0.1) is 0 Å². The van der Waals surface area contributed by atoms with Crippen LogP contribution in [0.4, 0.5) is 0 Å². The van der Waals surface area contributed by atoms with Crippen LogP contribution in [-0.4, -0.2) is 34.8 Å². The van der Waals surface area contributed by atoms with Gasteiger partial charge in [0.2, 0.25) is 5.91 Å². The number of amides is 1. The van der Waals surface area contributed by atoms with Crippen molar-refractivity contribution in [3.05, 3.63) is 42.0 Å². The minimum atomic E-state index is -1.09. The number of carbonyl (C=O) groups excluding carboxylic acids is 1. The number of carboxylic acids is 1. The second-order valence-corrected chi connectivity index (χ2v) is 4.21. The van der Waals surface area contributed by atoms with Crippen molar-refractivity contribution in [2.24, 2.45) is 5.10 Å². The molecule has 0 saturated heterocycles. The third-order valence-corrected chi connectivity index (χ3v) is 2.56. The van der Waals surface area contributed by atoms with E-state index in [1.165, 1.54) is 6.21 Å². The molecule has 0 bridgehead atoms. The minimum Gasteiger partial charge on any atom is -0.480 e. The third-order valence-electron chi connectivity index (χ3n) is 2.56. The molecule has 1 aromatic carbocycles. The highest BCUT2D eigenvalue weighted by atomic mass is 16.4. The summed E-state index contributed by atoms with van der Waals surface area (Å²) in [5.41, 5.74) is 1.77. The molecular formula is C15H18N2O3. The Labute approximate surface area is 118 Å². The van der Waals surface area contributed by atoms with Crippen LogP contribution in [0.25, 0.3) is 6.08 Å². The quantitative estimate of drug-likeness (QED) is 0.613. The Morgan fingerprint density at radius 1 is 1.30 bits per heavy atom. The van der Waals surface area contributed by atoms with Gasteiger partial charge in [0.25, 0.3) is 0 Å². The molecule has 5 nitrogen and oxygen atoms in total. The lowest BCUT2D eigenvalue weighted by Crippen LogP contribution is -2.31. The summed E-state index contributed by atoms with van der Waals surface area (Å²) in [4.78, 5) is 22.5. The monoisotopic (exact) mass is 274 g/mol. The molecule has 1 aromatic rings. The van der Waals surface area contributed by atoms with Crippen molar-refractivity contribution in [2.75, 3.05) is 6.54 Å². The van der Waals surface area contributed by atoms with E-state index in [2.05, 4.69) is 11.7 Å². The molecule has 0 radical (unpaired) electrons. The fourth-order valence-electron chi connectivity index (χ4n) is 1.52. The van der Waals surface area contributed by atoms with Crippen molar-refractivity contribution in [2.45, 2.75) is 19.8 Å². The molecule has 0 heterocycles. The van der Waals surface area contributed by atoms with E-state index in [0.29, 0.717) is 6.42 Å². The van der Waals surface area contributed by atoms with E-state index in [0.717, 1.165) is 16.1 Å². The molecule has 0 atom stereocenters. The first-order valence-corrected chi connectivity index (χ1v) is 6.35. The number of benzene rings is 1. The Bertz CT molecular complexity index is 506. The number of hydrogen-bond donors (Lipinski definition) is 1. The molecule has 20 heavy (non-hydrogen) atoms. The molecule has 0 aliphatic carbocycles. The van der Waals surface area contributed by atoms with Gasteiger partial charge < -0.3 is 5.11 Å². The van der Waals surface area contributed by atoms with E-state index in [-0.39, 0.29) is 12.3 Å². The van der Waals surface area contributed by atoms with Crippen LogP contribution in [0, 0.1) is 0 Å². The number of aliphatic carboxylic acids is 1. The molecule has 0 aromatic heterocycles. The highest BCUT2D eigenvalue weighted by Gasteiger charge is 2.14. The number of rotatable bonds is 7. The summed E-state index contributed by atoms with van der Waals surface area (Å²) < 4.78 is 0. The summed E-state index contributed by atoms with van der Waals surface area (Å²) in [7, 11) is 0. The highest BCUT2D eigenvalue weighted by Crippen LogP contribution is 2.05. The van der Waals surface area contributed by atoms with Gasteiger partial charge in [0.15, 0.2) is 0 Å². The number of hydrazone groups is 1. The van der Waals surface area contributed by atoms with Crippen molar-refractivity contribution >= 4 is 24.2 Å². The molecule has 1 amide bonds.